The number of aromatic nitrogens is 2. The lowest BCUT2D eigenvalue weighted by molar-refractivity contribution is 0.0744. The lowest BCUT2D eigenvalue weighted by atomic mass is 10.1. The number of carbonyl (C=O) groups excluding carboxylic acids is 1. The van der Waals surface area contributed by atoms with E-state index in [1.807, 2.05) is 20.8 Å². The van der Waals surface area contributed by atoms with Gasteiger partial charge in [-0.1, -0.05) is 0 Å². The highest BCUT2D eigenvalue weighted by atomic mass is 19.1. The van der Waals surface area contributed by atoms with Crippen LogP contribution in [0.5, 0.6) is 0 Å². The first-order chi connectivity index (χ1) is 10.9. The Balaban J connectivity index is 2.08. The maximum Gasteiger partial charge on any atom is 0.256 e. The van der Waals surface area contributed by atoms with Crippen molar-refractivity contribution in [3.63, 3.8) is 0 Å². The van der Waals surface area contributed by atoms with Gasteiger partial charge in [0.25, 0.3) is 5.91 Å². The number of nitrogens with zero attached hydrogens (tertiary/aromatic N) is 3. The molecule has 6 heteroatoms. The summed E-state index contributed by atoms with van der Waals surface area (Å²) in [6, 6.07) is 2.67. The third-order valence-corrected chi connectivity index (χ3v) is 4.63. The van der Waals surface area contributed by atoms with Crippen LogP contribution in [-0.4, -0.2) is 39.9 Å². The van der Waals surface area contributed by atoms with Gasteiger partial charge in [-0.2, -0.15) is 0 Å². The van der Waals surface area contributed by atoms with Crippen LogP contribution in [0.15, 0.2) is 12.1 Å². The molecule has 3 rings (SSSR count). The van der Waals surface area contributed by atoms with Crippen molar-refractivity contribution >= 4 is 16.9 Å². The Morgan fingerprint density at radius 1 is 1.35 bits per heavy atom. The van der Waals surface area contributed by atoms with Gasteiger partial charge in [-0.05, 0) is 45.7 Å². The van der Waals surface area contributed by atoms with E-state index in [4.69, 9.17) is 5.73 Å². The molecule has 0 bridgehead atoms. The number of benzene rings is 1. The maximum atomic E-state index is 14.0. The molecule has 0 radical (unpaired) electrons. The summed E-state index contributed by atoms with van der Waals surface area (Å²) in [5.74, 6) is -0.375. The molecule has 1 saturated heterocycles. The van der Waals surface area contributed by atoms with Gasteiger partial charge in [-0.25, -0.2) is 14.4 Å². The molecule has 0 spiro atoms. The third kappa shape index (κ3) is 2.79. The summed E-state index contributed by atoms with van der Waals surface area (Å²) < 4.78 is 14.0. The van der Waals surface area contributed by atoms with Crippen LogP contribution in [0, 0.1) is 25.6 Å². The van der Waals surface area contributed by atoms with E-state index in [1.165, 1.54) is 12.1 Å². The highest BCUT2D eigenvalue weighted by Crippen LogP contribution is 2.27. The Morgan fingerprint density at radius 2 is 2.04 bits per heavy atom. The van der Waals surface area contributed by atoms with E-state index in [1.54, 1.807) is 4.90 Å². The number of nitrogens with two attached hydrogens (primary N) is 1. The van der Waals surface area contributed by atoms with Crippen LogP contribution in [-0.2, 0) is 0 Å². The molecule has 2 heterocycles. The summed E-state index contributed by atoms with van der Waals surface area (Å²) in [4.78, 5) is 23.5. The zero-order chi connectivity index (χ0) is 16.7. The van der Waals surface area contributed by atoms with Crippen molar-refractivity contribution in [2.24, 2.45) is 11.7 Å². The fraction of sp³-hybridized carbons (Fsp3) is 0.471. The number of carbonyl (C=O) groups is 1. The standard InChI is InChI=1S/C17H21FN4O/c1-9-4-12(7-19)8-22(9)17(23)14-5-13(18)6-15-16(14)21-11(3)10(2)20-15/h5-6,9,12H,4,7-8,19H2,1-3H3. The number of likely N-dealkylation sites (tertiary alicyclic amines) is 1. The highest BCUT2D eigenvalue weighted by Gasteiger charge is 2.33. The third-order valence-electron chi connectivity index (χ3n) is 4.63. The van der Waals surface area contributed by atoms with Crippen LogP contribution < -0.4 is 5.73 Å². The van der Waals surface area contributed by atoms with Crippen LogP contribution in [0.25, 0.3) is 11.0 Å². The minimum atomic E-state index is -0.472. The van der Waals surface area contributed by atoms with Crippen molar-refractivity contribution in [2.45, 2.75) is 33.2 Å². The molecule has 122 valence electrons. The van der Waals surface area contributed by atoms with E-state index in [9.17, 15) is 9.18 Å². The van der Waals surface area contributed by atoms with E-state index in [0.29, 0.717) is 30.0 Å². The first kappa shape index (κ1) is 15.8. The molecule has 2 aromatic rings. The SMILES string of the molecule is Cc1nc2cc(F)cc(C(=O)N3CC(CN)CC3C)c2nc1C. The molecule has 2 atom stereocenters. The second-order valence-electron chi connectivity index (χ2n) is 6.36. The molecule has 1 aliphatic rings. The second kappa shape index (κ2) is 5.85. The summed E-state index contributed by atoms with van der Waals surface area (Å²) in [7, 11) is 0. The molecule has 23 heavy (non-hydrogen) atoms. The summed E-state index contributed by atoms with van der Waals surface area (Å²) in [6.07, 6.45) is 0.874. The first-order valence-corrected chi connectivity index (χ1v) is 7.86. The van der Waals surface area contributed by atoms with Gasteiger partial charge in [0.05, 0.1) is 22.5 Å². The van der Waals surface area contributed by atoms with Crippen LogP contribution >= 0.6 is 0 Å². The minimum Gasteiger partial charge on any atom is -0.336 e. The quantitative estimate of drug-likeness (QED) is 0.922. The van der Waals surface area contributed by atoms with Crippen molar-refractivity contribution in [3.05, 3.63) is 34.9 Å². The number of amides is 1. The topological polar surface area (TPSA) is 72.1 Å². The summed E-state index contributed by atoms with van der Waals surface area (Å²) >= 11 is 0. The number of hydrogen-bond donors (Lipinski definition) is 1. The highest BCUT2D eigenvalue weighted by molar-refractivity contribution is 6.05. The monoisotopic (exact) mass is 316 g/mol. The molecular weight excluding hydrogens is 295 g/mol. The number of hydrogen-bond acceptors (Lipinski definition) is 4. The lowest BCUT2D eigenvalue weighted by Gasteiger charge is -2.22. The first-order valence-electron chi connectivity index (χ1n) is 7.86. The fourth-order valence-corrected chi connectivity index (χ4v) is 3.21. The van der Waals surface area contributed by atoms with Gasteiger partial charge in [0.1, 0.15) is 11.3 Å². The molecule has 1 aromatic carbocycles. The molecular formula is C17H21FN4O. The molecule has 2 N–H and O–H groups in total. The Labute approximate surface area is 134 Å². The average molecular weight is 316 g/mol. The van der Waals surface area contributed by atoms with Crippen molar-refractivity contribution in [2.75, 3.05) is 13.1 Å². The van der Waals surface area contributed by atoms with Gasteiger partial charge in [-0.3, -0.25) is 4.79 Å². The van der Waals surface area contributed by atoms with E-state index in [-0.39, 0.29) is 17.5 Å². The van der Waals surface area contributed by atoms with E-state index in [0.717, 1.165) is 17.8 Å². The maximum absolute atomic E-state index is 14.0. The molecule has 1 aromatic heterocycles. The van der Waals surface area contributed by atoms with Crippen LogP contribution in [0.1, 0.15) is 35.1 Å². The molecule has 1 fully saturated rings. The number of aryl methyl sites for hydroxylation is 2. The number of halogens is 1. The van der Waals surface area contributed by atoms with Gasteiger partial charge in [0, 0.05) is 18.7 Å². The van der Waals surface area contributed by atoms with E-state index < -0.39 is 5.82 Å². The van der Waals surface area contributed by atoms with Crippen molar-refractivity contribution in [1.29, 1.82) is 0 Å². The van der Waals surface area contributed by atoms with Crippen LogP contribution in [0.4, 0.5) is 4.39 Å². The summed E-state index contributed by atoms with van der Waals surface area (Å²) in [6.45, 7) is 6.81. The van der Waals surface area contributed by atoms with Gasteiger partial charge in [0.2, 0.25) is 0 Å². The van der Waals surface area contributed by atoms with Crippen molar-refractivity contribution in [3.8, 4) is 0 Å². The predicted molar refractivity (Wildman–Crippen MR) is 86.6 cm³/mol. The predicted octanol–water partition coefficient (Wildman–Crippen LogP) is 2.20. The second-order valence-corrected chi connectivity index (χ2v) is 6.36. The van der Waals surface area contributed by atoms with Gasteiger partial charge < -0.3 is 10.6 Å². The summed E-state index contributed by atoms with van der Waals surface area (Å²) in [5, 5.41) is 0. The molecule has 0 saturated carbocycles. The Hall–Kier alpha value is -2.08. The van der Waals surface area contributed by atoms with E-state index in [2.05, 4.69) is 9.97 Å². The normalized spacial score (nSPS) is 21.2. The van der Waals surface area contributed by atoms with Crippen molar-refractivity contribution in [1.82, 2.24) is 14.9 Å². The Morgan fingerprint density at radius 3 is 2.70 bits per heavy atom. The van der Waals surface area contributed by atoms with Crippen LogP contribution in [0.3, 0.4) is 0 Å². The zero-order valence-electron chi connectivity index (χ0n) is 13.6. The van der Waals surface area contributed by atoms with Gasteiger partial charge >= 0.3 is 0 Å². The number of rotatable bonds is 2. The molecule has 0 aliphatic carbocycles. The largest absolute Gasteiger partial charge is 0.336 e. The van der Waals surface area contributed by atoms with Crippen molar-refractivity contribution < 1.29 is 9.18 Å². The Kier molecular flexibility index (Phi) is 4.02. The molecule has 1 amide bonds. The van der Waals surface area contributed by atoms with Gasteiger partial charge in [0.15, 0.2) is 0 Å². The smallest absolute Gasteiger partial charge is 0.256 e. The van der Waals surface area contributed by atoms with Crippen LogP contribution in [0.2, 0.25) is 0 Å². The average Bonchev–Trinajstić information content (AvgIpc) is 2.88. The molecule has 5 nitrogen and oxygen atoms in total. The summed E-state index contributed by atoms with van der Waals surface area (Å²) in [5.41, 5.74) is 8.36. The molecule has 1 aliphatic heterocycles. The molecule has 2 unspecified atom stereocenters. The van der Waals surface area contributed by atoms with Gasteiger partial charge in [-0.15, -0.1) is 0 Å². The van der Waals surface area contributed by atoms with E-state index >= 15 is 0 Å². The lowest BCUT2D eigenvalue weighted by Crippen LogP contribution is -2.34. The number of fused-ring (bicyclic) bond motifs is 1. The Bertz CT molecular complexity index is 777. The minimum absolute atomic E-state index is 0.0915. The fourth-order valence-electron chi connectivity index (χ4n) is 3.21. The zero-order valence-corrected chi connectivity index (χ0v) is 13.6.